The molecule has 0 aliphatic rings. The Morgan fingerprint density at radius 3 is 2.44 bits per heavy atom. The lowest BCUT2D eigenvalue weighted by molar-refractivity contribution is -0.870. The molecule has 0 aliphatic heterocycles. The van der Waals surface area contributed by atoms with Gasteiger partial charge in [-0.3, -0.25) is 9.59 Å². The van der Waals surface area contributed by atoms with Crippen LogP contribution in [0, 0.1) is 5.92 Å². The van der Waals surface area contributed by atoms with E-state index in [0.717, 1.165) is 35.9 Å². The molecule has 2 N–H and O–H groups in total. The molecule has 0 unspecified atom stereocenters. The fourth-order valence-electron chi connectivity index (χ4n) is 2.50. The Kier molecular flexibility index (Phi) is 14.9. The number of phenols is 1. The van der Waals surface area contributed by atoms with E-state index in [1.54, 1.807) is 18.2 Å². The second kappa shape index (κ2) is 16.1. The van der Waals surface area contributed by atoms with E-state index in [4.69, 9.17) is 9.47 Å². The molecule has 0 bridgehead atoms. The van der Waals surface area contributed by atoms with Gasteiger partial charge < -0.3 is 24.4 Å². The van der Waals surface area contributed by atoms with Crippen molar-refractivity contribution in [3.8, 4) is 11.5 Å². The summed E-state index contributed by atoms with van der Waals surface area (Å²) in [5.74, 6) is 0.967. The fourth-order valence-corrected chi connectivity index (χ4v) is 2.50. The molecule has 0 aliphatic carbocycles. The van der Waals surface area contributed by atoms with Gasteiger partial charge in [-0.15, -0.1) is 0 Å². The number of amides is 1. The summed E-state index contributed by atoms with van der Waals surface area (Å²) in [5.41, 5.74) is 0.905. The summed E-state index contributed by atoms with van der Waals surface area (Å²) in [4.78, 5) is 22.1. The Morgan fingerprint density at radius 1 is 1.19 bits per heavy atom. The monoisotopic (exact) mass is 451 g/mol. The largest absolute Gasteiger partial charge is 0.504 e. The van der Waals surface area contributed by atoms with Crippen LogP contribution in [0.25, 0.3) is 0 Å². The van der Waals surface area contributed by atoms with Gasteiger partial charge in [0.1, 0.15) is 13.2 Å². The second-order valence-corrected chi connectivity index (χ2v) is 9.05. The van der Waals surface area contributed by atoms with Crippen molar-refractivity contribution >= 4 is 11.9 Å². The van der Waals surface area contributed by atoms with Crippen LogP contribution in [0.3, 0.4) is 0 Å². The van der Waals surface area contributed by atoms with Crippen molar-refractivity contribution in [3.63, 3.8) is 0 Å². The lowest BCUT2D eigenvalue weighted by Gasteiger charge is -2.23. The number of phenolic OH excluding ortho intramolecular Hbond substituents is 1. The van der Waals surface area contributed by atoms with Gasteiger partial charge in [0.15, 0.2) is 11.5 Å². The minimum atomic E-state index is -0.201. The molecule has 0 atom stereocenters. The first kappa shape index (κ1) is 29.5. The van der Waals surface area contributed by atoms with E-state index in [1.165, 1.54) is 14.0 Å². The van der Waals surface area contributed by atoms with Gasteiger partial charge in [-0.1, -0.05) is 32.1 Å². The third-order valence-electron chi connectivity index (χ3n) is 4.35. The maximum atomic E-state index is 11.8. The number of likely N-dealkylation sites (N-methyl/N-ethyl adjacent to an activating group) is 1. The highest BCUT2D eigenvalue weighted by Gasteiger charge is 2.06. The molecule has 7 heteroatoms. The van der Waals surface area contributed by atoms with E-state index in [9.17, 15) is 14.7 Å². The lowest BCUT2D eigenvalue weighted by Crippen LogP contribution is -2.37. The van der Waals surface area contributed by atoms with Gasteiger partial charge in [0.05, 0.1) is 28.3 Å². The summed E-state index contributed by atoms with van der Waals surface area (Å²) in [5, 5.41) is 12.4. The summed E-state index contributed by atoms with van der Waals surface area (Å²) in [6, 6.07) is 5.07. The molecule has 0 radical (unpaired) electrons. The van der Waals surface area contributed by atoms with Crippen molar-refractivity contribution < 1.29 is 28.7 Å². The van der Waals surface area contributed by atoms with Gasteiger partial charge in [0, 0.05) is 19.9 Å². The number of ether oxygens (including phenoxy) is 2. The molecule has 1 aromatic rings. The molecule has 1 rings (SSSR count). The minimum absolute atomic E-state index is 0.0554. The Balaban J connectivity index is 0.000000809. The van der Waals surface area contributed by atoms with E-state index in [-0.39, 0.29) is 17.6 Å². The first-order valence-corrected chi connectivity index (χ1v) is 11.2. The first-order chi connectivity index (χ1) is 14.9. The molecule has 0 spiro atoms. The van der Waals surface area contributed by atoms with Gasteiger partial charge in [-0.2, -0.15) is 0 Å². The predicted octanol–water partition coefficient (Wildman–Crippen LogP) is 4.05. The third-order valence-corrected chi connectivity index (χ3v) is 4.35. The smallest absolute Gasteiger partial charge is 0.302 e. The van der Waals surface area contributed by atoms with Crippen LogP contribution in [0.1, 0.15) is 52.0 Å². The van der Waals surface area contributed by atoms with Crippen LogP contribution in [0.4, 0.5) is 0 Å². The highest BCUT2D eigenvalue weighted by Crippen LogP contribution is 2.26. The van der Waals surface area contributed by atoms with Crippen LogP contribution in [0.2, 0.25) is 0 Å². The summed E-state index contributed by atoms with van der Waals surface area (Å²) in [6.45, 7) is 7.56. The third kappa shape index (κ3) is 17.2. The van der Waals surface area contributed by atoms with Crippen LogP contribution in [0.15, 0.2) is 30.4 Å². The number of carbonyl (C=O) groups excluding carboxylic acids is 2. The van der Waals surface area contributed by atoms with Crippen LogP contribution >= 0.6 is 0 Å². The number of nitrogens with one attached hydrogen (secondary N) is 1. The number of quaternary nitrogens is 1. The van der Waals surface area contributed by atoms with Crippen molar-refractivity contribution in [1.82, 2.24) is 5.32 Å². The van der Waals surface area contributed by atoms with Crippen LogP contribution in [0.5, 0.6) is 11.5 Å². The van der Waals surface area contributed by atoms with E-state index >= 15 is 0 Å². The molecule has 1 aromatic carbocycles. The van der Waals surface area contributed by atoms with Crippen molar-refractivity contribution in [2.75, 3.05) is 41.4 Å². The van der Waals surface area contributed by atoms with Gasteiger partial charge in [-0.25, -0.2) is 0 Å². The average Bonchev–Trinajstić information content (AvgIpc) is 2.69. The zero-order valence-corrected chi connectivity index (χ0v) is 20.9. The summed E-state index contributed by atoms with van der Waals surface area (Å²) in [6.07, 6.45) is 7.88. The lowest BCUT2D eigenvalue weighted by atomic mass is 10.1. The van der Waals surface area contributed by atoms with Crippen molar-refractivity contribution in [2.45, 2.75) is 53.0 Å². The molecule has 0 saturated heterocycles. The van der Waals surface area contributed by atoms with Gasteiger partial charge in [-0.05, 0) is 42.9 Å². The zero-order valence-electron chi connectivity index (χ0n) is 20.9. The van der Waals surface area contributed by atoms with Crippen molar-refractivity contribution in [2.24, 2.45) is 5.92 Å². The molecule has 7 nitrogen and oxygen atoms in total. The van der Waals surface area contributed by atoms with Gasteiger partial charge >= 0.3 is 5.97 Å². The maximum absolute atomic E-state index is 11.8. The average molecular weight is 452 g/mol. The van der Waals surface area contributed by atoms with E-state index in [0.29, 0.717) is 31.2 Å². The standard InChI is InChI=1S/C18H27NO3.C7H16NO2/c1-14(2)8-6-4-5-7-9-18(21)19-13-15-10-11-16(20)17(12-15)22-3;1-7(9)10-6-5-8(2,3)4/h6,8,10-12,14,20H,4-5,7,9,13H2,1-3H3,(H,19,21);5-6H2,1-4H3/q;+1/b8-6+;. The number of rotatable bonds is 12. The normalized spacial score (nSPS) is 11.1. The Morgan fingerprint density at radius 2 is 1.88 bits per heavy atom. The molecule has 1 amide bonds. The Hall–Kier alpha value is -2.54. The number of hydrogen-bond acceptors (Lipinski definition) is 5. The first-order valence-electron chi connectivity index (χ1n) is 11.2. The van der Waals surface area contributed by atoms with E-state index < -0.39 is 0 Å². The van der Waals surface area contributed by atoms with Crippen molar-refractivity contribution in [3.05, 3.63) is 35.9 Å². The number of benzene rings is 1. The molecule has 32 heavy (non-hydrogen) atoms. The molecular formula is C25H43N2O5+. The minimum Gasteiger partial charge on any atom is -0.504 e. The Bertz CT molecular complexity index is 709. The number of hydrogen-bond donors (Lipinski definition) is 2. The number of nitrogens with zero attached hydrogens (tertiary/aromatic N) is 1. The number of esters is 1. The fraction of sp³-hybridized carbons (Fsp3) is 0.600. The highest BCUT2D eigenvalue weighted by molar-refractivity contribution is 5.75. The number of methoxy groups -OCH3 is 1. The number of aromatic hydroxyl groups is 1. The molecule has 0 saturated carbocycles. The van der Waals surface area contributed by atoms with E-state index in [2.05, 4.69) is 52.5 Å². The topological polar surface area (TPSA) is 84.9 Å². The second-order valence-electron chi connectivity index (χ2n) is 9.05. The summed E-state index contributed by atoms with van der Waals surface area (Å²) in [7, 11) is 7.68. The molecule has 182 valence electrons. The highest BCUT2D eigenvalue weighted by atomic mass is 16.5. The summed E-state index contributed by atoms with van der Waals surface area (Å²) >= 11 is 0. The van der Waals surface area contributed by atoms with Crippen LogP contribution < -0.4 is 10.1 Å². The Labute approximate surface area is 194 Å². The quantitative estimate of drug-likeness (QED) is 0.217. The van der Waals surface area contributed by atoms with Crippen LogP contribution in [-0.2, 0) is 20.9 Å². The molecule has 0 aromatic heterocycles. The number of unbranched alkanes of at least 4 members (excludes halogenated alkanes) is 2. The number of allylic oxidation sites excluding steroid dienone is 2. The van der Waals surface area contributed by atoms with E-state index in [1.807, 2.05) is 0 Å². The van der Waals surface area contributed by atoms with Crippen molar-refractivity contribution in [1.29, 1.82) is 0 Å². The number of carbonyl (C=O) groups is 2. The molecule has 0 heterocycles. The van der Waals surface area contributed by atoms with Gasteiger partial charge in [0.2, 0.25) is 5.91 Å². The predicted molar refractivity (Wildman–Crippen MR) is 128 cm³/mol. The zero-order chi connectivity index (χ0) is 24.6. The summed E-state index contributed by atoms with van der Waals surface area (Å²) < 4.78 is 10.6. The maximum Gasteiger partial charge on any atom is 0.302 e. The SMILES string of the molecule is CC(=O)OCC[N+](C)(C)C.COc1cc(CNC(=O)CCCC/C=C/C(C)C)ccc1O. The molecular weight excluding hydrogens is 408 g/mol. The molecule has 0 fully saturated rings. The van der Waals surface area contributed by atoms with Gasteiger partial charge in [0.25, 0.3) is 0 Å². The van der Waals surface area contributed by atoms with Crippen LogP contribution in [-0.4, -0.2) is 62.9 Å².